The van der Waals surface area contributed by atoms with Crippen LogP contribution in [-0.4, -0.2) is 15.5 Å². The van der Waals surface area contributed by atoms with Crippen molar-refractivity contribution in [1.82, 2.24) is 9.97 Å². The van der Waals surface area contributed by atoms with Crippen LogP contribution in [0.15, 0.2) is 17.1 Å². The third-order valence-corrected chi connectivity index (χ3v) is 3.66. The van der Waals surface area contributed by atoms with Gasteiger partial charge >= 0.3 is 0 Å². The van der Waals surface area contributed by atoms with Gasteiger partial charge < -0.3 is 5.73 Å². The molecule has 0 unspecified atom stereocenters. The molecule has 0 amide bonds. The Morgan fingerprint density at radius 2 is 2.20 bits per heavy atom. The van der Waals surface area contributed by atoms with Gasteiger partial charge in [-0.2, -0.15) is 0 Å². The first-order chi connectivity index (χ1) is 7.04. The molecule has 2 aromatic rings. The second kappa shape index (κ2) is 4.00. The summed E-state index contributed by atoms with van der Waals surface area (Å²) in [6, 6.07) is 0. The predicted molar refractivity (Wildman–Crippen MR) is 65.2 cm³/mol. The van der Waals surface area contributed by atoms with Crippen LogP contribution in [0.25, 0.3) is 9.88 Å². The molecule has 2 N–H and O–H groups in total. The fraction of sp³-hybridized carbons (Fsp3) is 0.400. The fourth-order valence-corrected chi connectivity index (χ4v) is 2.80. The normalized spacial score (nSPS) is 11.9. The first kappa shape index (κ1) is 10.7. The Bertz CT molecular complexity index is 426. The van der Waals surface area contributed by atoms with Gasteiger partial charge in [0.1, 0.15) is 5.01 Å². The molecule has 3 nitrogen and oxygen atoms in total. The molecule has 15 heavy (non-hydrogen) atoms. The maximum Gasteiger partial charge on any atom is 0.135 e. The first-order valence-corrected chi connectivity index (χ1v) is 6.43. The standard InChI is InChI=1S/C10H13N3S2/c1-10(2,11)3-7-5-14-9(13-7)8-4-12-6-15-8/h4-6H,3,11H2,1-2H3. The Morgan fingerprint density at radius 1 is 1.40 bits per heavy atom. The summed E-state index contributed by atoms with van der Waals surface area (Å²) in [4.78, 5) is 9.72. The molecule has 0 saturated heterocycles. The van der Waals surface area contributed by atoms with E-state index in [-0.39, 0.29) is 5.54 Å². The zero-order chi connectivity index (χ0) is 10.9. The molecule has 0 aliphatic carbocycles. The van der Waals surface area contributed by atoms with Crippen LogP contribution in [0, 0.1) is 0 Å². The number of rotatable bonds is 3. The van der Waals surface area contributed by atoms with E-state index in [4.69, 9.17) is 5.73 Å². The van der Waals surface area contributed by atoms with E-state index in [1.807, 2.05) is 25.6 Å². The number of hydrogen-bond acceptors (Lipinski definition) is 5. The number of aromatic nitrogens is 2. The molecule has 0 aliphatic rings. The van der Waals surface area contributed by atoms with E-state index in [2.05, 4.69) is 15.3 Å². The Hall–Kier alpha value is -0.780. The van der Waals surface area contributed by atoms with Gasteiger partial charge in [0.25, 0.3) is 0 Å². The molecule has 0 spiro atoms. The summed E-state index contributed by atoms with van der Waals surface area (Å²) in [5, 5.41) is 3.11. The molecule has 80 valence electrons. The van der Waals surface area contributed by atoms with Crippen LogP contribution in [0.1, 0.15) is 19.5 Å². The van der Waals surface area contributed by atoms with Gasteiger partial charge in [-0.1, -0.05) is 0 Å². The second-order valence-corrected chi connectivity index (χ2v) is 5.92. The molecule has 2 heterocycles. The molecule has 0 saturated carbocycles. The highest BCUT2D eigenvalue weighted by atomic mass is 32.1. The molecule has 0 fully saturated rings. The highest BCUT2D eigenvalue weighted by Crippen LogP contribution is 2.27. The van der Waals surface area contributed by atoms with Gasteiger partial charge in [-0.15, -0.1) is 22.7 Å². The van der Waals surface area contributed by atoms with E-state index in [1.165, 1.54) is 0 Å². The lowest BCUT2D eigenvalue weighted by atomic mass is 10.0. The van der Waals surface area contributed by atoms with Crippen LogP contribution in [0.5, 0.6) is 0 Å². The van der Waals surface area contributed by atoms with Crippen LogP contribution in [0.2, 0.25) is 0 Å². The molecule has 0 bridgehead atoms. The lowest BCUT2D eigenvalue weighted by Crippen LogP contribution is -2.34. The summed E-state index contributed by atoms with van der Waals surface area (Å²) in [6.07, 6.45) is 2.66. The molecule has 0 radical (unpaired) electrons. The van der Waals surface area contributed by atoms with E-state index in [9.17, 15) is 0 Å². The van der Waals surface area contributed by atoms with Gasteiger partial charge in [0.15, 0.2) is 0 Å². The molecule has 2 rings (SSSR count). The van der Waals surface area contributed by atoms with Crippen LogP contribution >= 0.6 is 22.7 Å². The van der Waals surface area contributed by atoms with Crippen molar-refractivity contribution in [3.8, 4) is 9.88 Å². The lowest BCUT2D eigenvalue weighted by molar-refractivity contribution is 0.511. The number of nitrogens with two attached hydrogens (primary N) is 1. The van der Waals surface area contributed by atoms with Gasteiger partial charge in [0, 0.05) is 23.5 Å². The van der Waals surface area contributed by atoms with Crippen molar-refractivity contribution in [2.24, 2.45) is 5.73 Å². The zero-order valence-electron chi connectivity index (χ0n) is 8.73. The quantitative estimate of drug-likeness (QED) is 0.895. The smallest absolute Gasteiger partial charge is 0.135 e. The molecular formula is C10H13N3S2. The van der Waals surface area contributed by atoms with E-state index >= 15 is 0 Å². The highest BCUT2D eigenvalue weighted by molar-refractivity contribution is 7.19. The first-order valence-electron chi connectivity index (χ1n) is 4.67. The van der Waals surface area contributed by atoms with Crippen LogP contribution < -0.4 is 5.73 Å². The van der Waals surface area contributed by atoms with Crippen molar-refractivity contribution in [3.05, 3.63) is 22.8 Å². The van der Waals surface area contributed by atoms with Crippen LogP contribution in [0.4, 0.5) is 0 Å². The van der Waals surface area contributed by atoms with Crippen molar-refractivity contribution in [3.63, 3.8) is 0 Å². The predicted octanol–water partition coefficient (Wildman–Crippen LogP) is 2.55. The Kier molecular flexibility index (Phi) is 2.86. The van der Waals surface area contributed by atoms with Crippen molar-refractivity contribution in [2.75, 3.05) is 0 Å². The summed E-state index contributed by atoms with van der Waals surface area (Å²) in [6.45, 7) is 4.03. The van der Waals surface area contributed by atoms with E-state index in [0.29, 0.717) is 0 Å². The van der Waals surface area contributed by atoms with Gasteiger partial charge in [0.2, 0.25) is 0 Å². The molecule has 5 heteroatoms. The van der Waals surface area contributed by atoms with Gasteiger partial charge in [-0.3, -0.25) is 4.98 Å². The summed E-state index contributed by atoms with van der Waals surface area (Å²) >= 11 is 3.26. The number of hydrogen-bond donors (Lipinski definition) is 1. The van der Waals surface area contributed by atoms with E-state index < -0.39 is 0 Å². The number of nitrogens with zero attached hydrogens (tertiary/aromatic N) is 2. The maximum atomic E-state index is 5.95. The SMILES string of the molecule is CC(C)(N)Cc1csc(-c2cncs2)n1. The topological polar surface area (TPSA) is 51.8 Å². The Labute approximate surface area is 97.0 Å². The minimum Gasteiger partial charge on any atom is -0.325 e. The lowest BCUT2D eigenvalue weighted by Gasteiger charge is -2.15. The third kappa shape index (κ3) is 2.84. The largest absolute Gasteiger partial charge is 0.325 e. The highest BCUT2D eigenvalue weighted by Gasteiger charge is 2.14. The minimum absolute atomic E-state index is 0.195. The zero-order valence-corrected chi connectivity index (χ0v) is 10.4. The van der Waals surface area contributed by atoms with Gasteiger partial charge in [-0.25, -0.2) is 4.98 Å². The fourth-order valence-electron chi connectivity index (χ4n) is 1.29. The molecule has 0 aliphatic heterocycles. The third-order valence-electron chi connectivity index (χ3n) is 1.83. The molecular weight excluding hydrogens is 226 g/mol. The summed E-state index contributed by atoms with van der Waals surface area (Å²) in [7, 11) is 0. The van der Waals surface area contributed by atoms with Crippen LogP contribution in [-0.2, 0) is 6.42 Å². The van der Waals surface area contributed by atoms with Gasteiger partial charge in [-0.05, 0) is 13.8 Å². The van der Waals surface area contributed by atoms with Crippen molar-refractivity contribution < 1.29 is 0 Å². The second-order valence-electron chi connectivity index (χ2n) is 4.18. The summed E-state index contributed by atoms with van der Waals surface area (Å²) < 4.78 is 0. The molecule has 0 atom stereocenters. The Balaban J connectivity index is 2.18. The van der Waals surface area contributed by atoms with E-state index in [1.54, 1.807) is 22.7 Å². The Morgan fingerprint density at radius 3 is 2.80 bits per heavy atom. The minimum atomic E-state index is -0.195. The summed E-state index contributed by atoms with van der Waals surface area (Å²) in [5.41, 5.74) is 8.64. The van der Waals surface area contributed by atoms with Crippen LogP contribution in [0.3, 0.4) is 0 Å². The average molecular weight is 239 g/mol. The molecule has 0 aromatic carbocycles. The monoisotopic (exact) mass is 239 g/mol. The molecule has 2 aromatic heterocycles. The number of thiazole rings is 2. The van der Waals surface area contributed by atoms with Crippen molar-refractivity contribution in [2.45, 2.75) is 25.8 Å². The summed E-state index contributed by atoms with van der Waals surface area (Å²) in [5.74, 6) is 0. The average Bonchev–Trinajstić information content (AvgIpc) is 2.68. The van der Waals surface area contributed by atoms with E-state index in [0.717, 1.165) is 22.0 Å². The van der Waals surface area contributed by atoms with Crippen molar-refractivity contribution in [1.29, 1.82) is 0 Å². The van der Waals surface area contributed by atoms with Crippen molar-refractivity contribution >= 4 is 22.7 Å². The van der Waals surface area contributed by atoms with Gasteiger partial charge in [0.05, 0.1) is 16.1 Å². The maximum absolute atomic E-state index is 5.95.